The van der Waals surface area contributed by atoms with Crippen molar-refractivity contribution < 1.29 is 5.11 Å². The normalized spacial score (nSPS) is 14.3. The van der Waals surface area contributed by atoms with E-state index in [0.29, 0.717) is 0 Å². The van der Waals surface area contributed by atoms with E-state index in [1.165, 1.54) is 0 Å². The third-order valence-electron chi connectivity index (χ3n) is 0.494. The van der Waals surface area contributed by atoms with Gasteiger partial charge in [-0.25, -0.2) is 0 Å². The topological polar surface area (TPSA) is 32.3 Å². The van der Waals surface area contributed by atoms with Gasteiger partial charge in [-0.1, -0.05) is 0 Å². The molecule has 0 amide bonds. The molecule has 36 valence electrons. The molecule has 0 aliphatic carbocycles. The summed E-state index contributed by atoms with van der Waals surface area (Å²) in [6.45, 7) is 0.142. The molecule has 4 heteroatoms. The molecule has 0 spiro atoms. The highest BCUT2D eigenvalue weighted by molar-refractivity contribution is 7.78. The van der Waals surface area contributed by atoms with Crippen LogP contribution in [0.2, 0.25) is 0 Å². The van der Waals surface area contributed by atoms with Gasteiger partial charge in [-0.3, -0.25) is 4.72 Å². The average molecular weight is 105 g/mol. The minimum absolute atomic E-state index is 0.105. The molecule has 0 radical (unpaired) electrons. The fraction of sp³-hybridized carbons (Fsp3) is 1.00. The lowest BCUT2D eigenvalue weighted by Crippen LogP contribution is -2.24. The number of aliphatic hydroxyl groups is 1. The molecule has 6 heavy (non-hydrogen) atoms. The van der Waals surface area contributed by atoms with Crippen molar-refractivity contribution in [2.45, 2.75) is 5.94 Å². The summed E-state index contributed by atoms with van der Waals surface area (Å²) in [7, 11) is 1.84. The van der Waals surface area contributed by atoms with Gasteiger partial charge in [-0.2, -0.15) is 0 Å². The van der Waals surface area contributed by atoms with Crippen LogP contribution < -0.4 is 4.72 Å². The van der Waals surface area contributed by atoms with Gasteiger partial charge in [0.15, 0.2) is 0 Å². The highest BCUT2D eigenvalue weighted by Gasteiger charge is 1.89. The Morgan fingerprint density at radius 1 is 2.00 bits per heavy atom. The largest absolute Gasteiger partial charge is 0.396 e. The lowest BCUT2D eigenvalue weighted by molar-refractivity contribution is 0.290. The first-order valence-electron chi connectivity index (χ1n) is 1.81. The molecule has 0 heterocycles. The monoisotopic (exact) mass is 105 g/mol. The van der Waals surface area contributed by atoms with Crippen molar-refractivity contribution in [2.75, 3.05) is 6.61 Å². The van der Waals surface area contributed by atoms with Crippen molar-refractivity contribution in [3.05, 3.63) is 0 Å². The van der Waals surface area contributed by atoms with E-state index < -0.39 is 0 Å². The molecule has 2 nitrogen and oxygen atoms in total. The predicted molar refractivity (Wildman–Crippen MR) is 31.5 cm³/mol. The van der Waals surface area contributed by atoms with Crippen LogP contribution in [0.3, 0.4) is 0 Å². The summed E-state index contributed by atoms with van der Waals surface area (Å²) in [6.07, 6.45) is 0. The zero-order valence-corrected chi connectivity index (χ0v) is 4.57. The van der Waals surface area contributed by atoms with Crippen LogP contribution in [0.5, 0.6) is 0 Å². The first kappa shape index (κ1) is 6.33. The van der Waals surface area contributed by atoms with Gasteiger partial charge in [-0.15, -0.1) is 12.8 Å². The predicted octanol–water partition coefficient (Wildman–Crippen LogP) is -1.63. The molecule has 0 saturated carbocycles. The van der Waals surface area contributed by atoms with Crippen LogP contribution in [0, 0.1) is 0 Å². The van der Waals surface area contributed by atoms with Crippen molar-refractivity contribution in [2.24, 2.45) is 0 Å². The van der Waals surface area contributed by atoms with Gasteiger partial charge < -0.3 is 5.11 Å². The number of nitrogens with one attached hydrogen (secondary N) is 1. The van der Waals surface area contributed by atoms with Crippen LogP contribution in [0.15, 0.2) is 0 Å². The summed E-state index contributed by atoms with van der Waals surface area (Å²) in [5, 5.41) is 8.22. The van der Waals surface area contributed by atoms with Gasteiger partial charge >= 0.3 is 0 Å². The Bertz CT molecular complexity index is 32.7. The van der Waals surface area contributed by atoms with Crippen LogP contribution in [0.25, 0.3) is 0 Å². The van der Waals surface area contributed by atoms with E-state index in [1.54, 1.807) is 0 Å². The summed E-state index contributed by atoms with van der Waals surface area (Å²) >= 11 is 3.69. The smallest absolute Gasteiger partial charge is 0.127 e. The van der Waals surface area contributed by atoms with E-state index >= 15 is 0 Å². The summed E-state index contributed by atoms with van der Waals surface area (Å²) in [6, 6.07) is 0. The molecule has 2 N–H and O–H groups in total. The summed E-state index contributed by atoms with van der Waals surface area (Å²) in [4.78, 5) is 0. The second kappa shape index (κ2) is 3.52. The van der Waals surface area contributed by atoms with E-state index in [-0.39, 0.29) is 12.5 Å². The van der Waals surface area contributed by atoms with E-state index in [1.807, 2.05) is 7.85 Å². The number of thiol groups is 1. The van der Waals surface area contributed by atoms with Gasteiger partial charge in [-0.05, 0) is 0 Å². The van der Waals surface area contributed by atoms with Crippen molar-refractivity contribution in [3.8, 4) is 0 Å². The second-order valence-electron chi connectivity index (χ2n) is 1.21. The number of hydrogen-bond donors (Lipinski definition) is 3. The maximum atomic E-state index is 8.22. The Kier molecular flexibility index (Phi) is 3.72. The van der Waals surface area contributed by atoms with Crippen LogP contribution in [0.4, 0.5) is 0 Å². The van der Waals surface area contributed by atoms with Gasteiger partial charge in [0, 0.05) is 5.94 Å². The zero-order valence-electron chi connectivity index (χ0n) is 3.68. The SMILES string of the molecule is BC(CO)NS. The third-order valence-corrected chi connectivity index (χ3v) is 0.935. The summed E-state index contributed by atoms with van der Waals surface area (Å²) in [5.41, 5.74) is 0. The van der Waals surface area contributed by atoms with Gasteiger partial charge in [0.25, 0.3) is 0 Å². The van der Waals surface area contributed by atoms with Gasteiger partial charge in [0.1, 0.15) is 7.85 Å². The Morgan fingerprint density at radius 2 is 2.50 bits per heavy atom. The number of rotatable bonds is 2. The number of aliphatic hydroxyl groups excluding tert-OH is 1. The molecule has 1 atom stereocenters. The van der Waals surface area contributed by atoms with Gasteiger partial charge in [0.2, 0.25) is 0 Å². The Balaban J connectivity index is 2.75. The highest BCUT2D eigenvalue weighted by Crippen LogP contribution is 1.69. The lowest BCUT2D eigenvalue weighted by atomic mass is 10.00. The van der Waals surface area contributed by atoms with Gasteiger partial charge in [0.05, 0.1) is 6.61 Å². The van der Waals surface area contributed by atoms with E-state index in [4.69, 9.17) is 5.11 Å². The molecule has 0 fully saturated rings. The Hall–Kier alpha value is 0.335. The van der Waals surface area contributed by atoms with Crippen LogP contribution >= 0.6 is 12.8 Å². The van der Waals surface area contributed by atoms with Crippen molar-refractivity contribution in [1.82, 2.24) is 4.72 Å². The Morgan fingerprint density at radius 3 is 2.50 bits per heavy atom. The third kappa shape index (κ3) is 2.57. The minimum atomic E-state index is 0.105. The maximum Gasteiger partial charge on any atom is 0.127 e. The standard InChI is InChI=1S/C2H8BNOS/c3-2(1-5)4-6/h2,4-6H,1,3H2. The van der Waals surface area contributed by atoms with E-state index in [9.17, 15) is 0 Å². The molecule has 0 bridgehead atoms. The molecule has 0 aliphatic rings. The first-order valence-corrected chi connectivity index (χ1v) is 2.26. The molecule has 1 unspecified atom stereocenters. The van der Waals surface area contributed by atoms with Crippen LogP contribution in [-0.4, -0.2) is 25.5 Å². The van der Waals surface area contributed by atoms with E-state index in [2.05, 4.69) is 17.5 Å². The molecule has 0 aromatic heterocycles. The molecular weight excluding hydrogens is 96.9 g/mol. The maximum absolute atomic E-state index is 8.22. The van der Waals surface area contributed by atoms with Crippen molar-refractivity contribution >= 4 is 20.7 Å². The average Bonchev–Trinajstić information content (AvgIpc) is 1.65. The second-order valence-corrected chi connectivity index (χ2v) is 1.47. The zero-order chi connectivity index (χ0) is 4.99. The van der Waals surface area contributed by atoms with Crippen molar-refractivity contribution in [3.63, 3.8) is 0 Å². The molecule has 0 saturated heterocycles. The fourth-order valence-electron chi connectivity index (χ4n) is 0.0408. The fourth-order valence-corrected chi connectivity index (χ4v) is 0.122. The molecule has 0 aromatic rings. The molecule has 0 aliphatic heterocycles. The quantitative estimate of drug-likeness (QED) is 0.291. The molecular formula is C2H8BNOS. The van der Waals surface area contributed by atoms with E-state index in [0.717, 1.165) is 0 Å². The highest BCUT2D eigenvalue weighted by atomic mass is 32.1. The first-order chi connectivity index (χ1) is 2.81. The number of hydrogen-bond acceptors (Lipinski definition) is 3. The summed E-state index contributed by atoms with van der Waals surface area (Å²) in [5.74, 6) is 0.105. The van der Waals surface area contributed by atoms with Crippen LogP contribution in [0.1, 0.15) is 0 Å². The Labute approximate surface area is 43.9 Å². The van der Waals surface area contributed by atoms with Crippen molar-refractivity contribution in [1.29, 1.82) is 0 Å². The van der Waals surface area contributed by atoms with Crippen LogP contribution in [-0.2, 0) is 0 Å². The lowest BCUT2D eigenvalue weighted by Gasteiger charge is -2.00. The molecule has 0 rings (SSSR count). The molecule has 0 aromatic carbocycles. The minimum Gasteiger partial charge on any atom is -0.396 e. The summed E-state index contributed by atoms with van der Waals surface area (Å²) < 4.78 is 2.56.